The third-order valence-electron chi connectivity index (χ3n) is 1.69. The Hall–Kier alpha value is -0.436. The molecule has 0 aliphatic carbocycles. The summed E-state index contributed by atoms with van der Waals surface area (Å²) in [7, 11) is 3.03. The van der Waals surface area contributed by atoms with Crippen LogP contribution in [0.25, 0.3) is 10.9 Å². The van der Waals surface area contributed by atoms with Gasteiger partial charge < -0.3 is 15.7 Å². The monoisotopic (exact) mass is 278 g/mol. The third-order valence-corrected chi connectivity index (χ3v) is 1.91. The number of anilines is 1. The molecule has 0 spiro atoms. The molecule has 0 bridgehead atoms. The fourth-order valence-electron chi connectivity index (χ4n) is 1.10. The fraction of sp³-hybridized carbons (Fsp3) is 0. The van der Waals surface area contributed by atoms with Crippen LogP contribution in [-0.4, -0.2) is 9.97 Å². The minimum atomic E-state index is 0. The molecule has 1 aromatic carbocycles. The molecule has 67 valence electrons. The van der Waals surface area contributed by atoms with Gasteiger partial charge in [0.1, 0.15) is 0 Å². The van der Waals surface area contributed by atoms with Gasteiger partial charge in [0, 0.05) is 44.7 Å². The van der Waals surface area contributed by atoms with E-state index in [1.807, 2.05) is 6.07 Å². The van der Waals surface area contributed by atoms with Crippen molar-refractivity contribution in [2.45, 2.75) is 0 Å². The van der Waals surface area contributed by atoms with E-state index in [0.29, 0.717) is 11.5 Å². The quantitative estimate of drug-likeness (QED) is 0.492. The molecule has 0 amide bonds. The summed E-state index contributed by atoms with van der Waals surface area (Å²) in [5.74, 6) is 0.536. The third kappa shape index (κ3) is 2.14. The first-order chi connectivity index (χ1) is 6.31. The molecule has 0 saturated heterocycles. The van der Waals surface area contributed by atoms with Crippen molar-refractivity contribution in [2.75, 3.05) is 5.73 Å². The molecule has 1 heterocycles. The molecule has 14 heavy (non-hydrogen) atoms. The van der Waals surface area contributed by atoms with Crippen LogP contribution in [0.4, 0.5) is 11.5 Å². The number of nitrogens with two attached hydrogens (primary N) is 1. The Kier molecular flexibility index (Phi) is 4.05. The second-order valence-electron chi connectivity index (χ2n) is 2.54. The van der Waals surface area contributed by atoms with Crippen molar-refractivity contribution in [3.05, 3.63) is 24.5 Å². The predicted molar refractivity (Wildman–Crippen MR) is 53.2 cm³/mol. The first kappa shape index (κ1) is 11.6. The molecule has 1 aromatic heterocycles. The van der Waals surface area contributed by atoms with Crippen molar-refractivity contribution in [1.29, 1.82) is 0 Å². The van der Waals surface area contributed by atoms with Crippen molar-refractivity contribution in [1.82, 2.24) is 9.97 Å². The smallest absolute Gasteiger partial charge is 0.0529 e. The van der Waals surface area contributed by atoms with Gasteiger partial charge in [-0.05, 0) is 20.6 Å². The fourth-order valence-corrected chi connectivity index (χ4v) is 1.27. The number of rotatable bonds is 1. The summed E-state index contributed by atoms with van der Waals surface area (Å²) in [6.45, 7) is 0. The molecular weight excluding hydrogens is 272 g/mol. The Balaban J connectivity index is 0.000000980. The van der Waals surface area contributed by atoms with Gasteiger partial charge in [-0.15, -0.1) is 0 Å². The van der Waals surface area contributed by atoms with Crippen LogP contribution in [0.3, 0.4) is 0 Å². The van der Waals surface area contributed by atoms with E-state index < -0.39 is 0 Å². The van der Waals surface area contributed by atoms with E-state index in [2.05, 4.69) is 30.1 Å². The first-order valence-electron chi connectivity index (χ1n) is 3.62. The summed E-state index contributed by atoms with van der Waals surface area (Å²) in [6, 6.07) is 5.37. The van der Waals surface area contributed by atoms with Crippen LogP contribution in [0.2, 0.25) is 0 Å². The zero-order valence-electron chi connectivity index (χ0n) is 7.23. The molecule has 6 heteroatoms. The minimum Gasteiger partial charge on any atom is -0.399 e. The Morgan fingerprint density at radius 1 is 1.36 bits per heavy atom. The van der Waals surface area contributed by atoms with Crippen LogP contribution in [-0.2, 0) is 32.7 Å². The van der Waals surface area contributed by atoms with Gasteiger partial charge in [0.25, 0.3) is 0 Å². The number of nitrogen functional groups attached to an aromatic ring is 1. The summed E-state index contributed by atoms with van der Waals surface area (Å²) in [5, 5.41) is 0.814. The average Bonchev–Trinajstić information content (AvgIpc) is 2.17. The van der Waals surface area contributed by atoms with Gasteiger partial charge in [0.15, 0.2) is 0 Å². The molecule has 2 N–H and O–H groups in total. The minimum absolute atomic E-state index is 0. The van der Waals surface area contributed by atoms with E-state index in [9.17, 15) is 0 Å². The molecule has 0 fully saturated rings. The Morgan fingerprint density at radius 3 is 2.86 bits per heavy atom. The molecule has 0 saturated carbocycles. The Bertz CT molecular complexity index is 474. The molecular formula is C8H6N4PY-. The van der Waals surface area contributed by atoms with Gasteiger partial charge in [0.05, 0.1) is 5.82 Å². The predicted octanol–water partition coefficient (Wildman–Crippen LogP) is 1.97. The van der Waals surface area contributed by atoms with Crippen molar-refractivity contribution < 1.29 is 32.7 Å². The van der Waals surface area contributed by atoms with Gasteiger partial charge in [-0.25, -0.2) is 0 Å². The van der Waals surface area contributed by atoms with Crippen LogP contribution in [0.15, 0.2) is 22.9 Å². The van der Waals surface area contributed by atoms with E-state index in [1.54, 1.807) is 12.1 Å². The largest absolute Gasteiger partial charge is 0.399 e. The molecule has 2 rings (SSSR count). The number of hydrogen-bond donors (Lipinski definition) is 1. The maximum Gasteiger partial charge on any atom is 0.0529 e. The van der Waals surface area contributed by atoms with Crippen LogP contribution < -0.4 is 5.73 Å². The van der Waals surface area contributed by atoms with E-state index in [4.69, 9.17) is 5.73 Å². The molecule has 4 nitrogen and oxygen atoms in total. The maximum atomic E-state index is 5.62. The molecule has 0 aliphatic rings. The zero-order chi connectivity index (χ0) is 9.26. The van der Waals surface area contributed by atoms with E-state index >= 15 is 0 Å². The second-order valence-corrected chi connectivity index (χ2v) is 2.76. The SMILES string of the molecule is Nc1ccc2n[c-]nc(N=P)c2c1.[Y]. The maximum absolute atomic E-state index is 5.62. The van der Waals surface area contributed by atoms with Crippen molar-refractivity contribution >= 4 is 31.4 Å². The zero-order valence-corrected chi connectivity index (χ0v) is 11.1. The summed E-state index contributed by atoms with van der Waals surface area (Å²) in [6.07, 6.45) is 2.51. The number of hydrogen-bond acceptors (Lipinski definition) is 4. The Labute approximate surface area is 109 Å². The number of aromatic nitrogens is 2. The van der Waals surface area contributed by atoms with Gasteiger partial charge in [-0.1, -0.05) is 17.5 Å². The number of nitrogens with zero attached hydrogens (tertiary/aromatic N) is 3. The summed E-state index contributed by atoms with van der Waals surface area (Å²) in [5.41, 5.74) is 7.07. The van der Waals surface area contributed by atoms with Gasteiger partial charge >= 0.3 is 0 Å². The van der Waals surface area contributed by atoms with Crippen LogP contribution in [0.5, 0.6) is 0 Å². The topological polar surface area (TPSA) is 64.2 Å². The normalized spacial score (nSPS) is 9.43. The van der Waals surface area contributed by atoms with Crippen molar-refractivity contribution in [3.63, 3.8) is 0 Å². The van der Waals surface area contributed by atoms with E-state index in [1.165, 1.54) is 0 Å². The molecule has 2 aromatic rings. The summed E-state index contributed by atoms with van der Waals surface area (Å²) < 4.78 is 3.81. The second kappa shape index (κ2) is 4.88. The first-order valence-corrected chi connectivity index (χ1v) is 4.07. The summed E-state index contributed by atoms with van der Waals surface area (Å²) in [4.78, 5) is 7.82. The molecule has 0 aliphatic heterocycles. The molecule has 0 atom stereocenters. The molecule has 0 unspecified atom stereocenters. The van der Waals surface area contributed by atoms with Crippen LogP contribution in [0.1, 0.15) is 0 Å². The average molecular weight is 278 g/mol. The number of fused-ring (bicyclic) bond motifs is 1. The molecule has 1 radical (unpaired) electrons. The van der Waals surface area contributed by atoms with E-state index in [0.717, 1.165) is 10.9 Å². The number of benzene rings is 1. The van der Waals surface area contributed by atoms with Crippen molar-refractivity contribution in [2.24, 2.45) is 4.74 Å². The Morgan fingerprint density at radius 2 is 2.14 bits per heavy atom. The van der Waals surface area contributed by atoms with Crippen LogP contribution >= 0.6 is 9.03 Å². The van der Waals surface area contributed by atoms with Gasteiger partial charge in [-0.2, -0.15) is 0 Å². The van der Waals surface area contributed by atoms with Gasteiger partial charge in [0.2, 0.25) is 0 Å². The van der Waals surface area contributed by atoms with E-state index in [-0.39, 0.29) is 32.7 Å². The van der Waals surface area contributed by atoms with Crippen LogP contribution in [0, 0.1) is 6.33 Å². The van der Waals surface area contributed by atoms with Gasteiger partial charge in [-0.3, -0.25) is 4.74 Å². The van der Waals surface area contributed by atoms with Crippen molar-refractivity contribution in [3.8, 4) is 0 Å². The summed E-state index contributed by atoms with van der Waals surface area (Å²) >= 11 is 0. The standard InChI is InChI=1S/C8H6N4P.Y/c9-5-1-2-7-6(3-5)8(12-13)11-4-10-7;/h1-3,13H,9H2;/q-1;.